The summed E-state index contributed by atoms with van der Waals surface area (Å²) in [6.45, 7) is 2.30. The molecule has 4 rings (SSSR count). The smallest absolute Gasteiger partial charge is 0.334 e. The van der Waals surface area contributed by atoms with Crippen LogP contribution in [0, 0.1) is 5.92 Å². The zero-order valence-electron chi connectivity index (χ0n) is 18.3. The molecule has 3 aromatic rings. The van der Waals surface area contributed by atoms with Crippen LogP contribution in [0.25, 0.3) is 10.8 Å². The van der Waals surface area contributed by atoms with Crippen molar-refractivity contribution < 1.29 is 18.0 Å². The van der Waals surface area contributed by atoms with Crippen molar-refractivity contribution in [3.63, 3.8) is 0 Å². The van der Waals surface area contributed by atoms with Crippen molar-refractivity contribution in [3.05, 3.63) is 66.0 Å². The summed E-state index contributed by atoms with van der Waals surface area (Å²) in [7, 11) is 0. The van der Waals surface area contributed by atoms with Gasteiger partial charge in [0.15, 0.2) is 0 Å². The average molecular weight is 474 g/mol. The first-order chi connectivity index (χ1) is 15.8. The van der Waals surface area contributed by atoms with Crippen LogP contribution in [0.3, 0.4) is 0 Å². The van der Waals surface area contributed by atoms with Gasteiger partial charge in [-0.05, 0) is 48.6 Å². The fourth-order valence-corrected chi connectivity index (χ4v) is 5.65. The van der Waals surface area contributed by atoms with E-state index in [1.165, 1.54) is 30.3 Å². The molecule has 4 nitrogen and oxygen atoms in total. The van der Waals surface area contributed by atoms with E-state index in [0.29, 0.717) is 22.1 Å². The van der Waals surface area contributed by atoms with Crippen LogP contribution in [0.4, 0.5) is 23.7 Å². The van der Waals surface area contributed by atoms with E-state index in [2.05, 4.69) is 22.5 Å². The van der Waals surface area contributed by atoms with Gasteiger partial charge in [-0.1, -0.05) is 38.0 Å². The quantitative estimate of drug-likeness (QED) is 0.410. The van der Waals surface area contributed by atoms with Gasteiger partial charge in [-0.3, -0.25) is 4.98 Å². The highest BCUT2D eigenvalue weighted by Gasteiger charge is 2.32. The maximum Gasteiger partial charge on any atom is 0.416 e. The van der Waals surface area contributed by atoms with Crippen LogP contribution < -0.4 is 10.6 Å². The number of fused-ring (bicyclic) bond motifs is 1. The Morgan fingerprint density at radius 3 is 2.76 bits per heavy atom. The van der Waals surface area contributed by atoms with Crippen molar-refractivity contribution in [2.75, 3.05) is 5.32 Å². The number of thioether (sulfide) groups is 1. The van der Waals surface area contributed by atoms with Crippen LogP contribution in [-0.2, 0) is 12.7 Å². The van der Waals surface area contributed by atoms with E-state index < -0.39 is 17.8 Å². The Morgan fingerprint density at radius 2 is 1.97 bits per heavy atom. The predicted octanol–water partition coefficient (Wildman–Crippen LogP) is 7.25. The molecule has 0 bridgehead atoms. The van der Waals surface area contributed by atoms with Gasteiger partial charge in [0.05, 0.1) is 11.3 Å². The molecule has 1 aliphatic rings. The number of nitrogens with zero attached hydrogens (tertiary/aromatic N) is 1. The molecule has 33 heavy (non-hydrogen) atoms. The van der Waals surface area contributed by atoms with E-state index in [9.17, 15) is 18.0 Å². The lowest BCUT2D eigenvalue weighted by molar-refractivity contribution is -0.137. The first kappa shape index (κ1) is 23.4. The van der Waals surface area contributed by atoms with Gasteiger partial charge in [0.2, 0.25) is 0 Å². The molecule has 1 fully saturated rings. The minimum Gasteiger partial charge on any atom is -0.334 e. The summed E-state index contributed by atoms with van der Waals surface area (Å²) in [5, 5.41) is 7.67. The number of hydrogen-bond donors (Lipinski definition) is 2. The highest BCUT2D eigenvalue weighted by atomic mass is 32.2. The number of hydrogen-bond acceptors (Lipinski definition) is 3. The lowest BCUT2D eigenvalue weighted by Crippen LogP contribution is -2.28. The maximum absolute atomic E-state index is 13.3. The molecule has 2 aromatic carbocycles. The Labute approximate surface area is 195 Å². The molecule has 0 aliphatic heterocycles. The Morgan fingerprint density at radius 1 is 1.15 bits per heavy atom. The number of alkyl halides is 3. The SMILES string of the molecule is CC1CCCCC1Sc1cc(C(F)(F)F)ccc1CNC(=O)Nc1cccc2cnccc12. The number of aromatic nitrogens is 1. The fraction of sp³-hybridized carbons (Fsp3) is 0.360. The Hall–Kier alpha value is -2.74. The van der Waals surface area contributed by atoms with Crippen molar-refractivity contribution in [2.45, 2.75) is 55.5 Å². The van der Waals surface area contributed by atoms with E-state index in [1.54, 1.807) is 18.5 Å². The third-order valence-corrected chi connectivity index (χ3v) is 7.71. The third-order valence-electron chi connectivity index (χ3n) is 6.07. The fourth-order valence-electron chi connectivity index (χ4n) is 4.18. The molecule has 1 saturated carbocycles. The monoisotopic (exact) mass is 473 g/mol. The van der Waals surface area contributed by atoms with E-state index in [1.807, 2.05) is 18.2 Å². The van der Waals surface area contributed by atoms with Crippen LogP contribution in [0.1, 0.15) is 43.7 Å². The molecule has 1 aromatic heterocycles. The number of nitrogens with one attached hydrogen (secondary N) is 2. The average Bonchev–Trinajstić information content (AvgIpc) is 2.79. The number of rotatable bonds is 5. The Kier molecular flexibility index (Phi) is 7.12. The Bertz CT molecular complexity index is 1130. The second kappa shape index (κ2) is 10.0. The summed E-state index contributed by atoms with van der Waals surface area (Å²) < 4.78 is 40.0. The lowest BCUT2D eigenvalue weighted by Gasteiger charge is -2.29. The molecule has 1 heterocycles. The van der Waals surface area contributed by atoms with E-state index in [0.717, 1.165) is 36.1 Å². The van der Waals surface area contributed by atoms with Crippen molar-refractivity contribution in [1.82, 2.24) is 10.3 Å². The zero-order valence-corrected chi connectivity index (χ0v) is 19.1. The molecule has 2 amide bonds. The zero-order chi connectivity index (χ0) is 23.4. The van der Waals surface area contributed by atoms with E-state index in [-0.39, 0.29) is 11.8 Å². The Balaban J connectivity index is 1.49. The predicted molar refractivity (Wildman–Crippen MR) is 126 cm³/mol. The van der Waals surface area contributed by atoms with Crippen LogP contribution in [0.15, 0.2) is 59.8 Å². The summed E-state index contributed by atoms with van der Waals surface area (Å²) in [6.07, 6.45) is 3.31. The number of halogens is 3. The number of benzene rings is 2. The van der Waals surface area contributed by atoms with Crippen LogP contribution in [-0.4, -0.2) is 16.3 Å². The topological polar surface area (TPSA) is 54.0 Å². The van der Waals surface area contributed by atoms with E-state index in [4.69, 9.17) is 0 Å². The van der Waals surface area contributed by atoms with Gasteiger partial charge in [0.1, 0.15) is 0 Å². The van der Waals surface area contributed by atoms with Crippen molar-refractivity contribution in [2.24, 2.45) is 5.92 Å². The van der Waals surface area contributed by atoms with Gasteiger partial charge >= 0.3 is 12.2 Å². The van der Waals surface area contributed by atoms with Crippen molar-refractivity contribution in [3.8, 4) is 0 Å². The number of anilines is 1. The van der Waals surface area contributed by atoms with Gasteiger partial charge in [-0.15, -0.1) is 11.8 Å². The van der Waals surface area contributed by atoms with Gasteiger partial charge < -0.3 is 10.6 Å². The number of carbonyl (C=O) groups is 1. The molecular weight excluding hydrogens is 447 g/mol. The molecule has 0 saturated heterocycles. The second-order valence-corrected chi connectivity index (χ2v) is 9.73. The van der Waals surface area contributed by atoms with Crippen LogP contribution in [0.5, 0.6) is 0 Å². The second-order valence-electron chi connectivity index (χ2n) is 8.45. The molecule has 2 N–H and O–H groups in total. The summed E-state index contributed by atoms with van der Waals surface area (Å²) in [6, 6.07) is 10.7. The van der Waals surface area contributed by atoms with Crippen molar-refractivity contribution in [1.29, 1.82) is 0 Å². The standard InChI is InChI=1S/C25H26F3N3OS/c1-16-5-2-3-8-22(16)33-23-13-19(25(26,27)28)10-9-18(23)15-30-24(32)31-21-7-4-6-17-14-29-12-11-20(17)21/h4,6-7,9-14,16,22H,2-3,5,8,15H2,1H3,(H2,30,31,32). The molecule has 174 valence electrons. The first-order valence-electron chi connectivity index (χ1n) is 11.1. The normalized spacial score (nSPS) is 18.8. The number of pyridine rings is 1. The van der Waals surface area contributed by atoms with Gasteiger partial charge in [0.25, 0.3) is 0 Å². The number of amides is 2. The summed E-state index contributed by atoms with van der Waals surface area (Å²) >= 11 is 1.51. The molecule has 2 atom stereocenters. The lowest BCUT2D eigenvalue weighted by atomic mass is 9.90. The van der Waals surface area contributed by atoms with Gasteiger partial charge in [-0.2, -0.15) is 13.2 Å². The summed E-state index contributed by atoms with van der Waals surface area (Å²) in [4.78, 5) is 17.3. The molecule has 1 aliphatic carbocycles. The molecule has 8 heteroatoms. The molecular formula is C25H26F3N3OS. The van der Waals surface area contributed by atoms with Crippen LogP contribution in [0.2, 0.25) is 0 Å². The van der Waals surface area contributed by atoms with Crippen LogP contribution >= 0.6 is 11.8 Å². The first-order valence-corrected chi connectivity index (χ1v) is 11.9. The van der Waals surface area contributed by atoms with Gasteiger partial charge in [0, 0.05) is 39.9 Å². The maximum atomic E-state index is 13.3. The number of carbonyl (C=O) groups excluding carboxylic acids is 1. The third kappa shape index (κ3) is 5.79. The minimum absolute atomic E-state index is 0.139. The minimum atomic E-state index is -4.40. The molecule has 2 unspecified atom stereocenters. The highest BCUT2D eigenvalue weighted by Crippen LogP contribution is 2.41. The molecule has 0 spiro atoms. The highest BCUT2D eigenvalue weighted by molar-refractivity contribution is 8.00. The van der Waals surface area contributed by atoms with Crippen molar-refractivity contribution >= 4 is 34.3 Å². The summed E-state index contributed by atoms with van der Waals surface area (Å²) in [5.41, 5.74) is 0.666. The van der Waals surface area contributed by atoms with E-state index >= 15 is 0 Å². The number of urea groups is 1. The summed E-state index contributed by atoms with van der Waals surface area (Å²) in [5.74, 6) is 0.447. The molecule has 0 radical (unpaired) electrons. The van der Waals surface area contributed by atoms with Gasteiger partial charge in [-0.25, -0.2) is 4.79 Å². The largest absolute Gasteiger partial charge is 0.416 e.